The number of rotatable bonds is 3. The van der Waals surface area contributed by atoms with Crippen molar-refractivity contribution in [3.8, 4) is 5.75 Å². The van der Waals surface area contributed by atoms with Gasteiger partial charge in [0.15, 0.2) is 0 Å². The van der Waals surface area contributed by atoms with Crippen molar-refractivity contribution in [1.29, 1.82) is 0 Å². The van der Waals surface area contributed by atoms with Crippen LogP contribution in [0, 0.1) is 9.39 Å². The van der Waals surface area contributed by atoms with Crippen molar-refractivity contribution >= 4 is 49.8 Å². The molecule has 2 nitrogen and oxygen atoms in total. The van der Waals surface area contributed by atoms with E-state index < -0.39 is 0 Å². The third-order valence-electron chi connectivity index (χ3n) is 3.11. The number of halogens is 2. The molecule has 3 aromatic rings. The van der Waals surface area contributed by atoms with E-state index in [4.69, 9.17) is 4.74 Å². The van der Waals surface area contributed by atoms with E-state index in [0.29, 0.717) is 16.2 Å². The quantitative estimate of drug-likeness (QED) is 0.453. The SMILES string of the molecule is COc1ccc(I)cc1C(=O)c1cc2ccc(F)cc2s1. The van der Waals surface area contributed by atoms with Crippen LogP contribution in [0.4, 0.5) is 4.39 Å². The zero-order chi connectivity index (χ0) is 15.0. The lowest BCUT2D eigenvalue weighted by Gasteiger charge is -2.06. The van der Waals surface area contributed by atoms with Gasteiger partial charge in [0.25, 0.3) is 0 Å². The summed E-state index contributed by atoms with van der Waals surface area (Å²) in [6.45, 7) is 0. The van der Waals surface area contributed by atoms with Gasteiger partial charge in [-0.25, -0.2) is 4.39 Å². The Kier molecular flexibility index (Phi) is 3.95. The fourth-order valence-electron chi connectivity index (χ4n) is 2.11. The molecule has 0 N–H and O–H groups in total. The highest BCUT2D eigenvalue weighted by atomic mass is 127. The summed E-state index contributed by atoms with van der Waals surface area (Å²) >= 11 is 3.45. The van der Waals surface area contributed by atoms with Crippen LogP contribution in [0.5, 0.6) is 5.75 Å². The van der Waals surface area contributed by atoms with E-state index in [1.54, 1.807) is 31.4 Å². The van der Waals surface area contributed by atoms with Gasteiger partial charge in [-0.2, -0.15) is 0 Å². The maximum absolute atomic E-state index is 13.2. The van der Waals surface area contributed by atoms with Gasteiger partial charge in [0.05, 0.1) is 17.6 Å². The lowest BCUT2D eigenvalue weighted by molar-refractivity contribution is 0.103. The highest BCUT2D eigenvalue weighted by molar-refractivity contribution is 14.1. The Balaban J connectivity index is 2.10. The minimum Gasteiger partial charge on any atom is -0.496 e. The van der Waals surface area contributed by atoms with Crippen molar-refractivity contribution in [1.82, 2.24) is 0 Å². The predicted molar refractivity (Wildman–Crippen MR) is 90.9 cm³/mol. The largest absolute Gasteiger partial charge is 0.496 e. The van der Waals surface area contributed by atoms with Gasteiger partial charge >= 0.3 is 0 Å². The van der Waals surface area contributed by atoms with Crippen LogP contribution in [-0.2, 0) is 0 Å². The first kappa shape index (κ1) is 14.5. The van der Waals surface area contributed by atoms with Crippen LogP contribution in [0.2, 0.25) is 0 Å². The molecule has 0 aliphatic carbocycles. The predicted octanol–water partition coefficient (Wildman–Crippen LogP) is 4.88. The summed E-state index contributed by atoms with van der Waals surface area (Å²) in [6, 6.07) is 11.8. The van der Waals surface area contributed by atoms with E-state index in [1.807, 2.05) is 6.07 Å². The molecule has 0 aliphatic heterocycles. The van der Waals surface area contributed by atoms with E-state index in [-0.39, 0.29) is 11.6 Å². The lowest BCUT2D eigenvalue weighted by atomic mass is 10.1. The van der Waals surface area contributed by atoms with E-state index in [1.165, 1.54) is 23.5 Å². The van der Waals surface area contributed by atoms with Crippen molar-refractivity contribution in [3.63, 3.8) is 0 Å². The fraction of sp³-hybridized carbons (Fsp3) is 0.0625. The van der Waals surface area contributed by atoms with Gasteiger partial charge in [-0.05, 0) is 64.4 Å². The third-order valence-corrected chi connectivity index (χ3v) is 4.88. The maximum Gasteiger partial charge on any atom is 0.206 e. The second-order valence-electron chi connectivity index (χ2n) is 4.47. The fourth-order valence-corrected chi connectivity index (χ4v) is 3.64. The third kappa shape index (κ3) is 2.80. The van der Waals surface area contributed by atoms with Gasteiger partial charge < -0.3 is 4.74 Å². The first-order chi connectivity index (χ1) is 10.1. The van der Waals surface area contributed by atoms with Crippen LogP contribution >= 0.6 is 33.9 Å². The molecule has 0 fully saturated rings. The molecule has 0 aliphatic rings. The van der Waals surface area contributed by atoms with Crippen LogP contribution in [0.3, 0.4) is 0 Å². The Bertz CT molecular complexity index is 841. The standard InChI is InChI=1S/C16H10FIO2S/c1-20-13-5-4-11(18)8-12(13)16(19)15-6-9-2-3-10(17)7-14(9)21-15/h2-8H,1H3. The van der Waals surface area contributed by atoms with Crippen molar-refractivity contribution < 1.29 is 13.9 Å². The number of ketones is 1. The van der Waals surface area contributed by atoms with Crippen LogP contribution in [0.25, 0.3) is 10.1 Å². The minimum absolute atomic E-state index is 0.105. The zero-order valence-corrected chi connectivity index (χ0v) is 14.0. The van der Waals surface area contributed by atoms with E-state index >= 15 is 0 Å². The molecule has 0 bridgehead atoms. The summed E-state index contributed by atoms with van der Waals surface area (Å²) in [7, 11) is 1.54. The molecule has 0 amide bonds. The van der Waals surface area contributed by atoms with Crippen LogP contribution < -0.4 is 4.74 Å². The molecule has 1 aromatic heterocycles. The first-order valence-electron chi connectivity index (χ1n) is 6.16. The number of hydrogen-bond acceptors (Lipinski definition) is 3. The molecule has 0 saturated carbocycles. The Hall–Kier alpha value is -1.47. The molecule has 0 spiro atoms. The Morgan fingerprint density at radius 3 is 2.76 bits per heavy atom. The van der Waals surface area contributed by atoms with Crippen LogP contribution in [-0.4, -0.2) is 12.9 Å². The Morgan fingerprint density at radius 2 is 2.00 bits per heavy atom. The number of hydrogen-bond donors (Lipinski definition) is 0. The van der Waals surface area contributed by atoms with E-state index in [9.17, 15) is 9.18 Å². The van der Waals surface area contributed by atoms with E-state index in [0.717, 1.165) is 13.7 Å². The molecule has 21 heavy (non-hydrogen) atoms. The first-order valence-corrected chi connectivity index (χ1v) is 8.05. The molecular weight excluding hydrogens is 402 g/mol. The molecule has 2 aromatic carbocycles. The highest BCUT2D eigenvalue weighted by Gasteiger charge is 2.17. The normalized spacial score (nSPS) is 10.8. The molecule has 0 saturated heterocycles. The molecular formula is C16H10FIO2S. The number of thiophene rings is 1. The zero-order valence-electron chi connectivity index (χ0n) is 11.0. The average molecular weight is 412 g/mol. The van der Waals surface area contributed by atoms with Gasteiger partial charge in [-0.15, -0.1) is 11.3 Å². The van der Waals surface area contributed by atoms with Crippen molar-refractivity contribution in [2.75, 3.05) is 7.11 Å². The summed E-state index contributed by atoms with van der Waals surface area (Å²) in [4.78, 5) is 13.2. The number of fused-ring (bicyclic) bond motifs is 1. The number of carbonyl (C=O) groups excluding carboxylic acids is 1. The number of carbonyl (C=O) groups is 1. The number of ether oxygens (including phenoxy) is 1. The summed E-state index contributed by atoms with van der Waals surface area (Å²) in [5, 5.41) is 0.870. The molecule has 0 unspecified atom stereocenters. The maximum atomic E-state index is 13.2. The molecule has 3 rings (SSSR count). The molecule has 0 atom stereocenters. The highest BCUT2D eigenvalue weighted by Crippen LogP contribution is 2.31. The molecule has 106 valence electrons. The summed E-state index contributed by atoms with van der Waals surface area (Å²) in [5.74, 6) is 0.145. The summed E-state index contributed by atoms with van der Waals surface area (Å²) in [5.41, 5.74) is 0.524. The molecule has 1 heterocycles. The van der Waals surface area contributed by atoms with Crippen molar-refractivity contribution in [3.05, 3.63) is 62.3 Å². The Morgan fingerprint density at radius 1 is 1.19 bits per heavy atom. The van der Waals surface area contributed by atoms with Crippen molar-refractivity contribution in [2.24, 2.45) is 0 Å². The monoisotopic (exact) mass is 412 g/mol. The number of benzene rings is 2. The lowest BCUT2D eigenvalue weighted by Crippen LogP contribution is -2.02. The van der Waals surface area contributed by atoms with Gasteiger partial charge in [0.2, 0.25) is 5.78 Å². The topological polar surface area (TPSA) is 26.3 Å². The minimum atomic E-state index is -0.296. The number of methoxy groups -OCH3 is 1. The second-order valence-corrected chi connectivity index (χ2v) is 6.80. The van der Waals surface area contributed by atoms with Crippen LogP contribution in [0.1, 0.15) is 15.2 Å². The average Bonchev–Trinajstić information content (AvgIpc) is 2.89. The van der Waals surface area contributed by atoms with Crippen LogP contribution in [0.15, 0.2) is 42.5 Å². The summed E-state index contributed by atoms with van der Waals surface area (Å²) in [6.07, 6.45) is 0. The van der Waals surface area contributed by atoms with Crippen molar-refractivity contribution in [2.45, 2.75) is 0 Å². The van der Waals surface area contributed by atoms with Gasteiger partial charge in [0, 0.05) is 8.27 Å². The van der Waals surface area contributed by atoms with Gasteiger partial charge in [-0.3, -0.25) is 4.79 Å². The second kappa shape index (κ2) is 5.73. The van der Waals surface area contributed by atoms with Gasteiger partial charge in [-0.1, -0.05) is 6.07 Å². The molecule has 0 radical (unpaired) electrons. The Labute approximate surface area is 138 Å². The molecule has 5 heteroatoms. The summed E-state index contributed by atoms with van der Waals surface area (Å²) < 4.78 is 20.2. The van der Waals surface area contributed by atoms with E-state index in [2.05, 4.69) is 22.6 Å². The van der Waals surface area contributed by atoms with Gasteiger partial charge in [0.1, 0.15) is 11.6 Å². The smallest absolute Gasteiger partial charge is 0.206 e.